The first-order valence-electron chi connectivity index (χ1n) is 16.0. The molecule has 14 nitrogen and oxygen atoms in total. The van der Waals surface area contributed by atoms with Gasteiger partial charge in [0.2, 0.25) is 0 Å². The molecule has 3 aliphatic heterocycles. The van der Waals surface area contributed by atoms with E-state index < -0.39 is 24.5 Å². The number of nitriles is 1. The first kappa shape index (κ1) is 37.3. The highest BCUT2D eigenvalue weighted by Crippen LogP contribution is 2.42. The zero-order valence-electron chi connectivity index (χ0n) is 27.5. The van der Waals surface area contributed by atoms with Crippen LogP contribution in [0, 0.1) is 16.7 Å². The topological polar surface area (TPSA) is 217 Å². The molecule has 0 saturated carbocycles. The second kappa shape index (κ2) is 18.3. The first-order chi connectivity index (χ1) is 24.8. The third-order valence-corrected chi connectivity index (χ3v) is 10.5. The Morgan fingerprint density at radius 1 is 1.22 bits per heavy atom. The Morgan fingerprint density at radius 3 is 2.63 bits per heavy atom. The van der Waals surface area contributed by atoms with Gasteiger partial charge in [-0.3, -0.25) is 9.59 Å². The van der Waals surface area contributed by atoms with Crippen molar-refractivity contribution in [2.75, 3.05) is 38.6 Å². The molecule has 17 heteroatoms. The highest BCUT2D eigenvalue weighted by Gasteiger charge is 2.34. The van der Waals surface area contributed by atoms with Crippen LogP contribution in [0.3, 0.4) is 0 Å². The van der Waals surface area contributed by atoms with Crippen molar-refractivity contribution in [2.45, 2.75) is 29.6 Å². The number of dihydropyridines is 1. The van der Waals surface area contributed by atoms with Crippen LogP contribution in [0.25, 0.3) is 5.57 Å². The van der Waals surface area contributed by atoms with Gasteiger partial charge >= 0.3 is 5.97 Å². The van der Waals surface area contributed by atoms with Crippen LogP contribution in [0.4, 0.5) is 0 Å². The zero-order valence-corrected chi connectivity index (χ0v) is 29.8. The van der Waals surface area contributed by atoms with E-state index in [0.29, 0.717) is 27.9 Å². The fourth-order valence-corrected chi connectivity index (χ4v) is 7.79. The van der Waals surface area contributed by atoms with Crippen LogP contribution in [0.2, 0.25) is 5.02 Å². The summed E-state index contributed by atoms with van der Waals surface area (Å²) < 4.78 is 10.9. The standard InChI is InChI=1S/C34H37ClN10O4S2/c35-23-7-3-22(4-8-23)33-41-24(19-50-33)20-51-34-27(16-37)30(26(15-36)31(42-34)45-11-1-2-12-45)21-5-9-25(10-6-21)48-13-14-49-29(46)18-40-32(47)28(17-38)43-44-39/h3-10,16-17,19,28,33-34,38,41H,1-2,11-14,18,20,37H2,(H2,39,43)(H,40,47)/t28-,33?,34?/m0/s1. The number of benzene rings is 2. The molecule has 266 valence electrons. The van der Waals surface area contributed by atoms with Crippen molar-refractivity contribution in [1.29, 1.82) is 10.7 Å². The number of amidine groups is 1. The fourth-order valence-electron chi connectivity index (χ4n) is 5.51. The smallest absolute Gasteiger partial charge is 0.325 e. The van der Waals surface area contributed by atoms with Gasteiger partial charge in [-0.15, -0.1) is 23.5 Å². The largest absolute Gasteiger partial charge is 0.490 e. The number of amides is 1. The van der Waals surface area contributed by atoms with Crippen molar-refractivity contribution >= 4 is 64.6 Å². The number of rotatable bonds is 14. The Bertz CT molecular complexity index is 1790. The number of aliphatic imine (C=N–C) groups is 1. The average molecular weight is 749 g/mol. The summed E-state index contributed by atoms with van der Waals surface area (Å²) in [7, 11) is 0. The minimum atomic E-state index is -1.22. The SMILES string of the molecule is N#CC1=C(c2ccc(OCCOC(=O)CNC(=O)[C@H](C=N)N=NN)cc2)C(=CN)C(SCC2=CSC(c3ccc(Cl)cc3)N2)N=C1N1CCCC1. The van der Waals surface area contributed by atoms with E-state index in [9.17, 15) is 14.9 Å². The van der Waals surface area contributed by atoms with Gasteiger partial charge in [0.25, 0.3) is 5.91 Å². The van der Waals surface area contributed by atoms with E-state index in [4.69, 9.17) is 43.1 Å². The van der Waals surface area contributed by atoms with E-state index in [1.54, 1.807) is 41.9 Å². The molecule has 0 aliphatic carbocycles. The molecule has 7 N–H and O–H groups in total. The summed E-state index contributed by atoms with van der Waals surface area (Å²) in [5, 5.41) is 32.5. The Morgan fingerprint density at radius 2 is 1.96 bits per heavy atom. The van der Waals surface area contributed by atoms with Crippen molar-refractivity contribution in [3.8, 4) is 11.8 Å². The van der Waals surface area contributed by atoms with Crippen molar-refractivity contribution in [3.05, 3.63) is 93.1 Å². The van der Waals surface area contributed by atoms with Crippen molar-refractivity contribution in [3.63, 3.8) is 0 Å². The van der Waals surface area contributed by atoms with Gasteiger partial charge in [-0.25, -0.2) is 4.99 Å². The molecule has 3 aliphatic rings. The number of nitrogens with one attached hydrogen (secondary N) is 3. The Hall–Kier alpha value is -4.98. The number of hydrogen-bond acceptors (Lipinski definition) is 14. The van der Waals surface area contributed by atoms with Gasteiger partial charge in [0.05, 0.1) is 0 Å². The second-order valence-electron chi connectivity index (χ2n) is 11.3. The minimum Gasteiger partial charge on any atom is -0.490 e. The molecular weight excluding hydrogens is 712 g/mol. The molecule has 0 radical (unpaired) electrons. The molecule has 51 heavy (non-hydrogen) atoms. The molecule has 3 heterocycles. The van der Waals surface area contributed by atoms with Gasteiger partial charge in [0.15, 0.2) is 6.04 Å². The van der Waals surface area contributed by atoms with Crippen LogP contribution in [-0.2, 0) is 14.3 Å². The van der Waals surface area contributed by atoms with Crippen LogP contribution >= 0.6 is 35.1 Å². The highest BCUT2D eigenvalue weighted by molar-refractivity contribution is 8.03. The molecule has 1 amide bonds. The Balaban J connectivity index is 1.22. The van der Waals surface area contributed by atoms with E-state index in [0.717, 1.165) is 60.1 Å². The van der Waals surface area contributed by atoms with Crippen LogP contribution in [0.15, 0.2) is 92.3 Å². The maximum Gasteiger partial charge on any atom is 0.325 e. The molecule has 1 fully saturated rings. The van der Waals surface area contributed by atoms with Crippen LogP contribution in [0.1, 0.15) is 29.3 Å². The minimum absolute atomic E-state index is 0.0600. The number of nitrogens with zero attached hydrogens (tertiary/aromatic N) is 5. The molecule has 3 atom stereocenters. The molecule has 0 aromatic heterocycles. The van der Waals surface area contributed by atoms with Gasteiger partial charge in [-0.1, -0.05) is 41.1 Å². The summed E-state index contributed by atoms with van der Waals surface area (Å²) in [4.78, 5) is 31.2. The van der Waals surface area contributed by atoms with Crippen LogP contribution < -0.4 is 26.9 Å². The van der Waals surface area contributed by atoms with Crippen molar-refractivity contribution in [1.82, 2.24) is 15.5 Å². The number of likely N-dealkylation sites (tertiary alicyclic amines) is 1. The predicted molar refractivity (Wildman–Crippen MR) is 200 cm³/mol. The van der Waals surface area contributed by atoms with Gasteiger partial charge < -0.3 is 42.0 Å². The first-order valence-corrected chi connectivity index (χ1v) is 18.4. The number of carbonyl (C=O) groups is 2. The van der Waals surface area contributed by atoms with Crippen molar-refractivity contribution < 1.29 is 19.1 Å². The summed E-state index contributed by atoms with van der Waals surface area (Å²) in [5.74, 6) is 5.41. The van der Waals surface area contributed by atoms with Gasteiger partial charge in [0.1, 0.15) is 53.7 Å². The summed E-state index contributed by atoms with van der Waals surface area (Å²) in [5.41, 5.74) is 11.3. The van der Waals surface area contributed by atoms with Gasteiger partial charge in [-0.05, 0) is 53.6 Å². The molecule has 2 unspecified atom stereocenters. The number of hydrogen-bond donors (Lipinski definition) is 5. The van der Waals surface area contributed by atoms with Gasteiger partial charge in [0, 0.05) is 53.1 Å². The lowest BCUT2D eigenvalue weighted by atomic mass is 9.90. The van der Waals surface area contributed by atoms with Crippen LogP contribution in [-0.4, -0.2) is 78.8 Å². The number of esters is 1. The fraction of sp³-hybridized carbons (Fsp3) is 0.324. The lowest BCUT2D eigenvalue weighted by Crippen LogP contribution is -2.38. The molecule has 0 bridgehead atoms. The molecule has 2 aromatic carbocycles. The molecule has 0 spiro atoms. The number of halogens is 1. The van der Waals surface area contributed by atoms with Crippen LogP contribution in [0.5, 0.6) is 5.75 Å². The summed E-state index contributed by atoms with van der Waals surface area (Å²) in [6, 6.07) is 16.3. The normalized spacial score (nSPS) is 20.0. The molecular formula is C34H37ClN10O4S2. The molecule has 1 saturated heterocycles. The number of carbonyl (C=O) groups excluding carboxylic acids is 2. The lowest BCUT2D eigenvalue weighted by Gasteiger charge is -2.30. The van der Waals surface area contributed by atoms with Gasteiger partial charge in [-0.2, -0.15) is 10.4 Å². The third kappa shape index (κ3) is 9.63. The Labute approximate surface area is 308 Å². The number of nitrogens with two attached hydrogens (primary N) is 2. The molecule has 2 aromatic rings. The van der Waals surface area contributed by atoms with E-state index in [-0.39, 0.29) is 24.0 Å². The van der Waals surface area contributed by atoms with E-state index in [1.807, 2.05) is 36.4 Å². The van der Waals surface area contributed by atoms with E-state index >= 15 is 0 Å². The van der Waals surface area contributed by atoms with E-state index in [1.165, 1.54) is 0 Å². The summed E-state index contributed by atoms with van der Waals surface area (Å²) in [6.45, 7) is 1.25. The monoisotopic (exact) mass is 748 g/mol. The third-order valence-electron chi connectivity index (χ3n) is 7.98. The number of thioether (sulfide) groups is 2. The zero-order chi connectivity index (χ0) is 36.2. The highest BCUT2D eigenvalue weighted by atomic mass is 35.5. The maximum atomic E-state index is 12.0. The number of ether oxygens (including phenoxy) is 2. The molecule has 5 rings (SSSR count). The summed E-state index contributed by atoms with van der Waals surface area (Å²) in [6.07, 6.45) is 4.36. The second-order valence-corrected chi connectivity index (χ2v) is 13.8. The maximum absolute atomic E-state index is 12.0. The predicted octanol–water partition coefficient (Wildman–Crippen LogP) is 4.29. The quantitative estimate of drug-likeness (QED) is 0.0459. The summed E-state index contributed by atoms with van der Waals surface area (Å²) >= 11 is 9.43. The van der Waals surface area contributed by atoms with E-state index in [2.05, 4.69) is 37.3 Å². The Kier molecular flexibility index (Phi) is 13.4. The average Bonchev–Trinajstić information content (AvgIpc) is 3.87. The lowest BCUT2D eigenvalue weighted by molar-refractivity contribution is -0.144. The van der Waals surface area contributed by atoms with Crippen molar-refractivity contribution in [2.24, 2.45) is 26.9 Å².